The lowest BCUT2D eigenvalue weighted by Crippen LogP contribution is -2.53. The van der Waals surface area contributed by atoms with Crippen LogP contribution in [-0.2, 0) is 25.6 Å². The fourth-order valence-electron chi connectivity index (χ4n) is 7.86. The first kappa shape index (κ1) is 26.7. The van der Waals surface area contributed by atoms with Gasteiger partial charge in [-0.3, -0.25) is 4.79 Å². The van der Waals surface area contributed by atoms with Crippen LogP contribution >= 0.6 is 0 Å². The smallest absolute Gasteiger partial charge is 0.328 e. The number of fused-ring (bicyclic) bond motifs is 5. The number of hydrogen-bond acceptors (Lipinski definition) is 7. The minimum atomic E-state index is -0.849. The summed E-state index contributed by atoms with van der Waals surface area (Å²) in [6, 6.07) is -0.849. The van der Waals surface area contributed by atoms with Gasteiger partial charge in [0.05, 0.1) is 19.0 Å². The van der Waals surface area contributed by atoms with Gasteiger partial charge in [0.1, 0.15) is 11.8 Å². The molecule has 0 radical (unpaired) electrons. The van der Waals surface area contributed by atoms with E-state index in [0.29, 0.717) is 29.2 Å². The number of amides is 1. The SMILES string of the molecule is COC(=O)C(Cc1cnc[nH]1)NC(=O)CO/N=C1/C=CC2(C)C(=C1)CCC1C2CCC2(C)C1CCC2(C)O. The van der Waals surface area contributed by atoms with Gasteiger partial charge < -0.3 is 25.0 Å². The Bertz CT molecular complexity index is 1160. The Balaban J connectivity index is 1.20. The summed E-state index contributed by atoms with van der Waals surface area (Å²) in [6.07, 6.45) is 16.1. The Kier molecular flexibility index (Phi) is 7.00. The molecule has 3 N–H and O–H groups in total. The van der Waals surface area contributed by atoms with Crippen LogP contribution in [0, 0.1) is 28.6 Å². The molecule has 7 unspecified atom stereocenters. The third kappa shape index (κ3) is 4.59. The second-order valence-electron chi connectivity index (χ2n) is 12.2. The van der Waals surface area contributed by atoms with E-state index in [2.05, 4.69) is 46.4 Å². The molecule has 4 aliphatic rings. The van der Waals surface area contributed by atoms with Gasteiger partial charge in [0.25, 0.3) is 5.91 Å². The number of carbonyl (C=O) groups excluding carboxylic acids is 2. The monoisotopic (exact) mass is 524 g/mol. The van der Waals surface area contributed by atoms with Crippen molar-refractivity contribution in [3.63, 3.8) is 0 Å². The Morgan fingerprint density at radius 2 is 2.03 bits per heavy atom. The van der Waals surface area contributed by atoms with Crippen molar-refractivity contribution in [1.29, 1.82) is 0 Å². The van der Waals surface area contributed by atoms with Gasteiger partial charge in [0.15, 0.2) is 6.61 Å². The van der Waals surface area contributed by atoms with Gasteiger partial charge in [0, 0.05) is 23.7 Å². The van der Waals surface area contributed by atoms with Gasteiger partial charge in [-0.1, -0.05) is 30.7 Å². The Labute approximate surface area is 224 Å². The van der Waals surface area contributed by atoms with Crippen LogP contribution in [0.3, 0.4) is 0 Å². The molecule has 1 aromatic heterocycles. The van der Waals surface area contributed by atoms with Gasteiger partial charge in [-0.2, -0.15) is 0 Å². The van der Waals surface area contributed by atoms with E-state index < -0.39 is 23.5 Å². The summed E-state index contributed by atoms with van der Waals surface area (Å²) >= 11 is 0. The van der Waals surface area contributed by atoms with Gasteiger partial charge in [-0.25, -0.2) is 9.78 Å². The molecule has 0 aromatic carbocycles. The molecule has 9 heteroatoms. The zero-order chi connectivity index (χ0) is 27.1. The van der Waals surface area contributed by atoms with E-state index in [9.17, 15) is 14.7 Å². The number of carbonyl (C=O) groups is 2. The second kappa shape index (κ2) is 9.98. The summed E-state index contributed by atoms with van der Waals surface area (Å²) in [5, 5.41) is 18.0. The normalized spacial score (nSPS) is 37.4. The zero-order valence-corrected chi connectivity index (χ0v) is 22.8. The van der Waals surface area contributed by atoms with E-state index in [1.54, 1.807) is 6.20 Å². The first-order valence-electron chi connectivity index (χ1n) is 13.7. The van der Waals surface area contributed by atoms with Crippen molar-refractivity contribution >= 4 is 17.6 Å². The Morgan fingerprint density at radius 3 is 2.76 bits per heavy atom. The number of oxime groups is 1. The van der Waals surface area contributed by atoms with Crippen LogP contribution in [0.2, 0.25) is 0 Å². The number of H-pyrrole nitrogens is 1. The molecule has 0 spiro atoms. The molecule has 9 nitrogen and oxygen atoms in total. The van der Waals surface area contributed by atoms with E-state index in [1.807, 2.05) is 13.0 Å². The molecular weight excluding hydrogens is 484 g/mol. The van der Waals surface area contributed by atoms with Gasteiger partial charge in [-0.05, 0) is 80.8 Å². The first-order chi connectivity index (χ1) is 18.1. The molecule has 38 heavy (non-hydrogen) atoms. The summed E-state index contributed by atoms with van der Waals surface area (Å²) in [4.78, 5) is 36.8. The second-order valence-corrected chi connectivity index (χ2v) is 12.2. The molecule has 0 bridgehead atoms. The third-order valence-electron chi connectivity index (χ3n) is 10.3. The average molecular weight is 525 g/mol. The predicted molar refractivity (Wildman–Crippen MR) is 142 cm³/mol. The van der Waals surface area contributed by atoms with E-state index in [-0.39, 0.29) is 23.9 Å². The Morgan fingerprint density at radius 1 is 1.24 bits per heavy atom. The maximum Gasteiger partial charge on any atom is 0.328 e. The van der Waals surface area contributed by atoms with E-state index in [1.165, 1.54) is 19.0 Å². The molecule has 206 valence electrons. The summed E-state index contributed by atoms with van der Waals surface area (Å²) in [6.45, 7) is 6.40. The van der Waals surface area contributed by atoms with Crippen molar-refractivity contribution < 1.29 is 24.3 Å². The van der Waals surface area contributed by atoms with Crippen molar-refractivity contribution in [1.82, 2.24) is 15.3 Å². The fourth-order valence-corrected chi connectivity index (χ4v) is 7.86. The number of rotatable bonds is 7. The number of aromatic amines is 1. The maximum absolute atomic E-state index is 12.5. The highest BCUT2D eigenvalue weighted by Crippen LogP contribution is 2.66. The molecule has 7 atom stereocenters. The van der Waals surface area contributed by atoms with E-state index in [4.69, 9.17) is 9.57 Å². The molecule has 1 heterocycles. The standard InChI is InChI=1S/C29H40N4O5/c1-27-10-7-19(33-38-16-25(34)32-24(26(35)37-4)14-20-15-30-17-31-20)13-18(27)5-6-21-22(27)8-11-28(2)23(21)9-12-29(28,3)36/h7,10,13,15,17,21-24,36H,5-6,8-9,11-12,14,16H2,1-4H3,(H,30,31)(H,32,34)/b33-19-. The van der Waals surface area contributed by atoms with Crippen LogP contribution in [0.15, 0.2) is 41.5 Å². The number of imidazole rings is 1. The zero-order valence-electron chi connectivity index (χ0n) is 22.8. The summed E-state index contributed by atoms with van der Waals surface area (Å²) in [7, 11) is 1.28. The molecule has 0 aliphatic heterocycles. The van der Waals surface area contributed by atoms with Crippen LogP contribution < -0.4 is 5.32 Å². The number of hydrogen-bond donors (Lipinski definition) is 3. The van der Waals surface area contributed by atoms with Gasteiger partial charge in [-0.15, -0.1) is 0 Å². The maximum atomic E-state index is 12.5. The topological polar surface area (TPSA) is 126 Å². The molecule has 4 aliphatic carbocycles. The van der Waals surface area contributed by atoms with Crippen molar-refractivity contribution in [3.8, 4) is 0 Å². The van der Waals surface area contributed by atoms with Crippen molar-refractivity contribution in [2.75, 3.05) is 13.7 Å². The largest absolute Gasteiger partial charge is 0.467 e. The van der Waals surface area contributed by atoms with Crippen molar-refractivity contribution in [3.05, 3.63) is 42.0 Å². The molecule has 0 saturated heterocycles. The molecule has 1 aromatic rings. The highest BCUT2D eigenvalue weighted by molar-refractivity contribution is 6.05. The van der Waals surface area contributed by atoms with E-state index in [0.717, 1.165) is 38.5 Å². The van der Waals surface area contributed by atoms with Crippen molar-refractivity contribution in [2.24, 2.45) is 33.7 Å². The fraction of sp³-hybridized carbons (Fsp3) is 0.655. The lowest BCUT2D eigenvalue weighted by atomic mass is 9.47. The molecule has 5 rings (SSSR count). The van der Waals surface area contributed by atoms with Gasteiger partial charge >= 0.3 is 5.97 Å². The predicted octanol–water partition coefficient (Wildman–Crippen LogP) is 3.47. The first-order valence-corrected chi connectivity index (χ1v) is 13.7. The summed E-state index contributed by atoms with van der Waals surface area (Å²) in [5.74, 6) is 0.752. The van der Waals surface area contributed by atoms with Crippen LogP contribution in [-0.4, -0.2) is 58.0 Å². The highest BCUT2D eigenvalue weighted by Gasteiger charge is 2.61. The number of allylic oxidation sites excluding steroid dienone is 4. The summed E-state index contributed by atoms with van der Waals surface area (Å²) in [5.41, 5.74) is 2.19. The number of aliphatic hydroxyl groups is 1. The quantitative estimate of drug-likeness (QED) is 0.370. The molecule has 3 saturated carbocycles. The van der Waals surface area contributed by atoms with Crippen LogP contribution in [0.5, 0.6) is 0 Å². The van der Waals surface area contributed by atoms with Crippen LogP contribution in [0.25, 0.3) is 0 Å². The molecule has 3 fully saturated rings. The minimum Gasteiger partial charge on any atom is -0.467 e. The van der Waals surface area contributed by atoms with Gasteiger partial charge in [0.2, 0.25) is 0 Å². The number of methoxy groups -OCH3 is 1. The lowest BCUT2D eigenvalue weighted by molar-refractivity contribution is -0.145. The summed E-state index contributed by atoms with van der Waals surface area (Å²) < 4.78 is 4.81. The lowest BCUT2D eigenvalue weighted by Gasteiger charge is -2.58. The van der Waals surface area contributed by atoms with Crippen LogP contribution in [0.1, 0.15) is 65.0 Å². The number of aromatic nitrogens is 2. The third-order valence-corrected chi connectivity index (χ3v) is 10.3. The molecular formula is C29H40N4O5. The molecule has 1 amide bonds. The van der Waals surface area contributed by atoms with Crippen molar-refractivity contribution in [2.45, 2.75) is 77.4 Å². The highest BCUT2D eigenvalue weighted by atomic mass is 16.6. The number of nitrogens with zero attached hydrogens (tertiary/aromatic N) is 2. The minimum absolute atomic E-state index is 0.0103. The number of ether oxygens (including phenoxy) is 1. The number of esters is 1. The Hall–Kier alpha value is -2.94. The number of nitrogens with one attached hydrogen (secondary N) is 2. The average Bonchev–Trinajstić information content (AvgIpc) is 3.48. The van der Waals surface area contributed by atoms with E-state index >= 15 is 0 Å². The van der Waals surface area contributed by atoms with Crippen LogP contribution in [0.4, 0.5) is 0 Å².